The molecule has 2 aromatic carbocycles. The van der Waals surface area contributed by atoms with E-state index in [1.54, 1.807) is 18.2 Å². The zero-order valence-electron chi connectivity index (χ0n) is 15.1. The second kappa shape index (κ2) is 8.42. The number of benzene rings is 2. The summed E-state index contributed by atoms with van der Waals surface area (Å²) in [5.41, 5.74) is 3.45. The number of carbonyl (C=O) groups is 1. The van der Waals surface area contributed by atoms with E-state index in [1.807, 2.05) is 26.0 Å². The highest BCUT2D eigenvalue weighted by molar-refractivity contribution is 7.88. The normalized spacial score (nSPS) is 11.6. The Labute approximate surface area is 153 Å². The molecular weight excluding hydrogens is 355 g/mol. The average Bonchev–Trinajstić information content (AvgIpc) is 2.56. The van der Waals surface area contributed by atoms with Crippen molar-refractivity contribution in [2.75, 3.05) is 24.7 Å². The zero-order chi connectivity index (χ0) is 19.3. The van der Waals surface area contributed by atoms with Crippen molar-refractivity contribution >= 4 is 21.6 Å². The van der Waals surface area contributed by atoms with Gasteiger partial charge in [-0.15, -0.1) is 0 Å². The topological polar surface area (TPSA) is 66.5 Å². The molecule has 7 heteroatoms. The van der Waals surface area contributed by atoms with Crippen LogP contribution in [0, 0.1) is 19.7 Å². The third kappa shape index (κ3) is 5.64. The van der Waals surface area contributed by atoms with Crippen molar-refractivity contribution in [3.05, 3.63) is 65.0 Å². The first-order chi connectivity index (χ1) is 12.2. The lowest BCUT2D eigenvalue weighted by atomic mass is 10.1. The lowest BCUT2D eigenvalue weighted by Crippen LogP contribution is -2.38. The number of sulfonamides is 1. The number of anilines is 1. The molecule has 0 radical (unpaired) electrons. The number of hydrogen-bond acceptors (Lipinski definition) is 3. The fourth-order valence-electron chi connectivity index (χ4n) is 2.50. The molecule has 26 heavy (non-hydrogen) atoms. The maximum Gasteiger partial charge on any atom is 0.239 e. The summed E-state index contributed by atoms with van der Waals surface area (Å²) >= 11 is 0. The van der Waals surface area contributed by atoms with Gasteiger partial charge < -0.3 is 5.32 Å². The number of aryl methyl sites for hydroxylation is 1. The second-order valence-corrected chi connectivity index (χ2v) is 8.25. The smallest absolute Gasteiger partial charge is 0.239 e. The third-order valence-electron chi connectivity index (χ3n) is 4.23. The van der Waals surface area contributed by atoms with Crippen LogP contribution in [0.15, 0.2) is 42.5 Å². The molecule has 1 N–H and O–H groups in total. The molecule has 1 amide bonds. The van der Waals surface area contributed by atoms with Crippen molar-refractivity contribution < 1.29 is 17.6 Å². The average molecular weight is 378 g/mol. The summed E-state index contributed by atoms with van der Waals surface area (Å²) in [4.78, 5) is 12.3. The predicted molar refractivity (Wildman–Crippen MR) is 101 cm³/mol. The number of rotatable bonds is 7. The molecule has 5 nitrogen and oxygen atoms in total. The van der Waals surface area contributed by atoms with E-state index in [-0.39, 0.29) is 18.9 Å². The summed E-state index contributed by atoms with van der Waals surface area (Å²) in [6.07, 6.45) is 1.47. The maximum absolute atomic E-state index is 13.0. The van der Waals surface area contributed by atoms with Crippen LogP contribution >= 0.6 is 0 Å². The van der Waals surface area contributed by atoms with Crippen LogP contribution in [-0.4, -0.2) is 38.0 Å². The Bertz CT molecular complexity index is 880. The van der Waals surface area contributed by atoms with Crippen LogP contribution in [0.1, 0.15) is 16.7 Å². The molecule has 0 unspecified atom stereocenters. The molecule has 0 heterocycles. The number of nitrogens with one attached hydrogen (secondary N) is 1. The quantitative estimate of drug-likeness (QED) is 0.806. The summed E-state index contributed by atoms with van der Waals surface area (Å²) in [7, 11) is -3.55. The van der Waals surface area contributed by atoms with Gasteiger partial charge in [-0.1, -0.05) is 24.3 Å². The van der Waals surface area contributed by atoms with Crippen LogP contribution < -0.4 is 5.32 Å². The van der Waals surface area contributed by atoms with Gasteiger partial charge in [0.15, 0.2) is 0 Å². The van der Waals surface area contributed by atoms with Crippen LogP contribution in [0.2, 0.25) is 0 Å². The molecule has 0 aliphatic heterocycles. The van der Waals surface area contributed by atoms with Crippen molar-refractivity contribution in [1.82, 2.24) is 4.31 Å². The maximum atomic E-state index is 13.0. The molecule has 0 spiro atoms. The van der Waals surface area contributed by atoms with Gasteiger partial charge in [-0.3, -0.25) is 4.79 Å². The Balaban J connectivity index is 2.04. The number of halogens is 1. The minimum atomic E-state index is -3.55. The van der Waals surface area contributed by atoms with Crippen molar-refractivity contribution in [2.24, 2.45) is 0 Å². The molecule has 0 saturated carbocycles. The van der Waals surface area contributed by atoms with E-state index < -0.39 is 15.9 Å². The first kappa shape index (κ1) is 20.1. The summed E-state index contributed by atoms with van der Waals surface area (Å²) < 4.78 is 38.1. The summed E-state index contributed by atoms with van der Waals surface area (Å²) in [5, 5.41) is 2.76. The van der Waals surface area contributed by atoms with Gasteiger partial charge in [-0.05, 0) is 55.2 Å². The van der Waals surface area contributed by atoms with Gasteiger partial charge in [0.2, 0.25) is 15.9 Å². The Kier molecular flexibility index (Phi) is 6.50. The van der Waals surface area contributed by atoms with E-state index >= 15 is 0 Å². The van der Waals surface area contributed by atoms with Gasteiger partial charge >= 0.3 is 0 Å². The minimum absolute atomic E-state index is 0.144. The Morgan fingerprint density at radius 1 is 1.12 bits per heavy atom. The number of carbonyl (C=O) groups excluding carboxylic acids is 1. The molecule has 0 aliphatic rings. The molecular formula is C19H23FN2O3S. The van der Waals surface area contributed by atoms with Crippen LogP contribution in [0.25, 0.3) is 0 Å². The molecule has 0 atom stereocenters. The molecule has 140 valence electrons. The van der Waals surface area contributed by atoms with E-state index in [2.05, 4.69) is 5.32 Å². The molecule has 0 bridgehead atoms. The molecule has 0 aromatic heterocycles. The SMILES string of the molecule is Cc1cccc(NC(=O)CN(CCc2ccc(F)cc2)S(C)(=O)=O)c1C. The Hall–Kier alpha value is -2.25. The standard InChI is InChI=1S/C19H23FN2O3S/c1-14-5-4-6-18(15(14)2)21-19(23)13-22(26(3,24)25)12-11-16-7-9-17(20)10-8-16/h4-10H,11-13H2,1-3H3,(H,21,23). The van der Waals surface area contributed by atoms with Gasteiger partial charge in [0.05, 0.1) is 12.8 Å². The van der Waals surface area contributed by atoms with Crippen molar-refractivity contribution in [2.45, 2.75) is 20.3 Å². The van der Waals surface area contributed by atoms with Gasteiger partial charge in [-0.2, -0.15) is 4.31 Å². The van der Waals surface area contributed by atoms with E-state index in [9.17, 15) is 17.6 Å². The van der Waals surface area contributed by atoms with E-state index in [4.69, 9.17) is 0 Å². The molecule has 2 rings (SSSR count). The predicted octanol–water partition coefficient (Wildman–Crippen LogP) is 2.89. The van der Waals surface area contributed by atoms with Crippen LogP contribution in [0.3, 0.4) is 0 Å². The van der Waals surface area contributed by atoms with Gasteiger partial charge in [-0.25, -0.2) is 12.8 Å². The van der Waals surface area contributed by atoms with E-state index in [1.165, 1.54) is 12.1 Å². The molecule has 2 aromatic rings. The van der Waals surface area contributed by atoms with Crippen LogP contribution in [0.4, 0.5) is 10.1 Å². The highest BCUT2D eigenvalue weighted by Crippen LogP contribution is 2.18. The fourth-order valence-corrected chi connectivity index (χ4v) is 3.28. The Morgan fingerprint density at radius 3 is 2.38 bits per heavy atom. The molecule has 0 fully saturated rings. The van der Waals surface area contributed by atoms with Crippen molar-refractivity contribution in [1.29, 1.82) is 0 Å². The summed E-state index contributed by atoms with van der Waals surface area (Å²) in [6, 6.07) is 11.4. The van der Waals surface area contributed by atoms with Gasteiger partial charge in [0.25, 0.3) is 0 Å². The number of nitrogens with zero attached hydrogens (tertiary/aromatic N) is 1. The second-order valence-electron chi connectivity index (χ2n) is 6.27. The fraction of sp³-hybridized carbons (Fsp3) is 0.316. The first-order valence-corrected chi connectivity index (χ1v) is 10.1. The monoisotopic (exact) mass is 378 g/mol. The first-order valence-electron chi connectivity index (χ1n) is 8.22. The van der Waals surface area contributed by atoms with E-state index in [0.717, 1.165) is 27.3 Å². The minimum Gasteiger partial charge on any atom is -0.325 e. The highest BCUT2D eigenvalue weighted by atomic mass is 32.2. The molecule has 0 aliphatic carbocycles. The Morgan fingerprint density at radius 2 is 1.77 bits per heavy atom. The van der Waals surface area contributed by atoms with Crippen molar-refractivity contribution in [3.8, 4) is 0 Å². The van der Waals surface area contributed by atoms with Crippen molar-refractivity contribution in [3.63, 3.8) is 0 Å². The number of hydrogen-bond donors (Lipinski definition) is 1. The van der Waals surface area contributed by atoms with Crippen LogP contribution in [-0.2, 0) is 21.2 Å². The van der Waals surface area contributed by atoms with E-state index in [0.29, 0.717) is 12.1 Å². The highest BCUT2D eigenvalue weighted by Gasteiger charge is 2.20. The molecule has 0 saturated heterocycles. The summed E-state index contributed by atoms with van der Waals surface area (Å²) in [6.45, 7) is 3.71. The summed E-state index contributed by atoms with van der Waals surface area (Å²) in [5.74, 6) is -0.746. The third-order valence-corrected chi connectivity index (χ3v) is 5.48. The number of amides is 1. The lowest BCUT2D eigenvalue weighted by Gasteiger charge is -2.20. The largest absolute Gasteiger partial charge is 0.325 e. The lowest BCUT2D eigenvalue weighted by molar-refractivity contribution is -0.116. The van der Waals surface area contributed by atoms with Gasteiger partial charge in [0.1, 0.15) is 5.82 Å². The zero-order valence-corrected chi connectivity index (χ0v) is 15.9. The van der Waals surface area contributed by atoms with Gasteiger partial charge in [0, 0.05) is 12.2 Å². The van der Waals surface area contributed by atoms with Crippen LogP contribution in [0.5, 0.6) is 0 Å².